The number of aromatic nitrogens is 3. The van der Waals surface area contributed by atoms with Crippen LogP contribution < -0.4 is 5.32 Å². The third-order valence-corrected chi connectivity index (χ3v) is 3.92. The Morgan fingerprint density at radius 3 is 2.96 bits per heavy atom. The molecule has 23 heavy (non-hydrogen) atoms. The van der Waals surface area contributed by atoms with Gasteiger partial charge in [0.05, 0.1) is 19.2 Å². The van der Waals surface area contributed by atoms with Gasteiger partial charge >= 0.3 is 6.03 Å². The molecule has 1 N–H and O–H groups in total. The molecule has 2 unspecified atom stereocenters. The Labute approximate surface area is 134 Å². The summed E-state index contributed by atoms with van der Waals surface area (Å²) < 4.78 is 13.1. The van der Waals surface area contributed by atoms with E-state index < -0.39 is 0 Å². The first kappa shape index (κ1) is 15.5. The number of ether oxygens (including phenoxy) is 1. The minimum Gasteiger partial charge on any atom is -0.464 e. The molecule has 1 saturated heterocycles. The van der Waals surface area contributed by atoms with Crippen LogP contribution in [0.25, 0.3) is 0 Å². The number of amides is 2. The molecule has 3 heterocycles. The number of carbonyl (C=O) groups excluding carboxylic acids is 1. The summed E-state index contributed by atoms with van der Waals surface area (Å²) in [4.78, 5) is 14.2. The third-order valence-electron chi connectivity index (χ3n) is 3.92. The van der Waals surface area contributed by atoms with Gasteiger partial charge in [-0.2, -0.15) is 0 Å². The highest BCUT2D eigenvalue weighted by molar-refractivity contribution is 5.74. The number of hydrogen-bond acceptors (Lipinski definition) is 5. The fraction of sp³-hybridized carbons (Fsp3) is 0.533. The number of hydrogen-bond donors (Lipinski definition) is 1. The molecule has 0 aromatic carbocycles. The predicted molar refractivity (Wildman–Crippen MR) is 81.7 cm³/mol. The number of carbonyl (C=O) groups is 1. The topological polar surface area (TPSA) is 85.4 Å². The van der Waals surface area contributed by atoms with Gasteiger partial charge in [-0.1, -0.05) is 0 Å². The first-order valence-corrected chi connectivity index (χ1v) is 7.62. The van der Waals surface area contributed by atoms with Gasteiger partial charge in [0.2, 0.25) is 0 Å². The smallest absolute Gasteiger partial charge is 0.318 e. The zero-order chi connectivity index (χ0) is 16.4. The second kappa shape index (κ2) is 6.41. The first-order valence-electron chi connectivity index (χ1n) is 7.62. The minimum absolute atomic E-state index is 0.137. The summed E-state index contributed by atoms with van der Waals surface area (Å²) in [6.07, 6.45) is 1.36. The Hall–Kier alpha value is -2.35. The van der Waals surface area contributed by atoms with Crippen molar-refractivity contribution in [2.24, 2.45) is 7.05 Å². The average Bonchev–Trinajstić information content (AvgIpc) is 3.16. The molecular weight excluding hydrogens is 298 g/mol. The summed E-state index contributed by atoms with van der Waals surface area (Å²) in [5, 5.41) is 10.9. The Morgan fingerprint density at radius 2 is 2.30 bits per heavy atom. The molecule has 3 rings (SSSR count). The highest BCUT2D eigenvalue weighted by atomic mass is 16.5. The molecule has 1 fully saturated rings. The Morgan fingerprint density at radius 1 is 1.48 bits per heavy atom. The van der Waals surface area contributed by atoms with Gasteiger partial charge in [-0.25, -0.2) is 4.79 Å². The van der Waals surface area contributed by atoms with Crippen LogP contribution in [0.15, 0.2) is 22.9 Å². The van der Waals surface area contributed by atoms with E-state index in [-0.39, 0.29) is 18.2 Å². The Bertz CT molecular complexity index is 680. The molecule has 0 bridgehead atoms. The third kappa shape index (κ3) is 3.37. The van der Waals surface area contributed by atoms with E-state index in [1.807, 2.05) is 33.0 Å². The Balaban J connectivity index is 1.62. The van der Waals surface area contributed by atoms with Crippen molar-refractivity contribution in [1.29, 1.82) is 0 Å². The molecule has 1 aliphatic rings. The Kier molecular flexibility index (Phi) is 4.33. The number of nitrogens with one attached hydrogen (secondary N) is 1. The van der Waals surface area contributed by atoms with Gasteiger partial charge in [-0.05, 0) is 26.0 Å². The van der Waals surface area contributed by atoms with Crippen molar-refractivity contribution in [2.75, 3.05) is 19.7 Å². The molecule has 8 heteroatoms. The van der Waals surface area contributed by atoms with Gasteiger partial charge in [0.15, 0.2) is 5.82 Å². The molecule has 2 atom stereocenters. The van der Waals surface area contributed by atoms with E-state index in [2.05, 4.69) is 15.5 Å². The lowest BCUT2D eigenvalue weighted by Crippen LogP contribution is -2.48. The summed E-state index contributed by atoms with van der Waals surface area (Å²) in [6, 6.07) is 3.44. The van der Waals surface area contributed by atoms with Gasteiger partial charge in [0.1, 0.15) is 24.0 Å². The quantitative estimate of drug-likeness (QED) is 0.928. The van der Waals surface area contributed by atoms with E-state index in [9.17, 15) is 4.79 Å². The molecule has 8 nitrogen and oxygen atoms in total. The highest BCUT2D eigenvalue weighted by Crippen LogP contribution is 2.21. The molecule has 0 saturated carbocycles. The zero-order valence-electron chi connectivity index (χ0n) is 13.5. The van der Waals surface area contributed by atoms with Gasteiger partial charge in [0, 0.05) is 13.6 Å². The molecule has 2 amide bonds. The van der Waals surface area contributed by atoms with Crippen LogP contribution in [0.2, 0.25) is 0 Å². The molecule has 0 radical (unpaired) electrons. The van der Waals surface area contributed by atoms with Crippen LogP contribution in [-0.2, 0) is 11.8 Å². The van der Waals surface area contributed by atoms with E-state index in [4.69, 9.17) is 9.15 Å². The maximum atomic E-state index is 12.5. The monoisotopic (exact) mass is 319 g/mol. The summed E-state index contributed by atoms with van der Waals surface area (Å²) in [5.74, 6) is 2.29. The molecule has 2 aromatic rings. The summed E-state index contributed by atoms with van der Waals surface area (Å²) in [7, 11) is 1.86. The van der Waals surface area contributed by atoms with Crippen molar-refractivity contribution in [2.45, 2.75) is 26.0 Å². The van der Waals surface area contributed by atoms with Crippen molar-refractivity contribution in [3.8, 4) is 0 Å². The maximum absolute atomic E-state index is 12.5. The highest BCUT2D eigenvalue weighted by Gasteiger charge is 2.29. The minimum atomic E-state index is -0.261. The molecule has 1 aliphatic heterocycles. The SMILES string of the molecule is Cc1ccc(C(C)NC(=O)N2CCOC(c3nncn3C)C2)o1. The number of nitrogens with zero attached hydrogens (tertiary/aromatic N) is 4. The second-order valence-electron chi connectivity index (χ2n) is 5.73. The molecule has 2 aromatic heterocycles. The zero-order valence-corrected chi connectivity index (χ0v) is 13.5. The van der Waals surface area contributed by atoms with Crippen LogP contribution in [0.4, 0.5) is 4.79 Å². The number of morpholine rings is 1. The van der Waals surface area contributed by atoms with Crippen molar-refractivity contribution < 1.29 is 13.9 Å². The average molecular weight is 319 g/mol. The second-order valence-corrected chi connectivity index (χ2v) is 5.73. The van der Waals surface area contributed by atoms with Gasteiger partial charge < -0.3 is 23.9 Å². The number of urea groups is 1. The van der Waals surface area contributed by atoms with Crippen LogP contribution in [0.1, 0.15) is 36.4 Å². The summed E-state index contributed by atoms with van der Waals surface area (Å²) in [6.45, 7) is 5.24. The normalized spacial score (nSPS) is 19.6. The van der Waals surface area contributed by atoms with Crippen molar-refractivity contribution >= 4 is 6.03 Å². The van der Waals surface area contributed by atoms with E-state index in [0.717, 1.165) is 17.3 Å². The fourth-order valence-corrected chi connectivity index (χ4v) is 2.61. The van der Waals surface area contributed by atoms with Crippen LogP contribution in [0.5, 0.6) is 0 Å². The standard InChI is InChI=1S/C15H21N5O3/c1-10-4-5-12(23-10)11(2)17-15(21)20-6-7-22-13(8-20)14-18-16-9-19(14)3/h4-5,9,11,13H,6-8H2,1-3H3,(H,17,21). The number of furan rings is 1. The van der Waals surface area contributed by atoms with Crippen LogP contribution in [-0.4, -0.2) is 45.4 Å². The fourth-order valence-electron chi connectivity index (χ4n) is 2.61. The lowest BCUT2D eigenvalue weighted by molar-refractivity contribution is -0.0218. The van der Waals surface area contributed by atoms with Crippen LogP contribution in [0.3, 0.4) is 0 Å². The first-order chi connectivity index (χ1) is 11.0. The van der Waals surface area contributed by atoms with Gasteiger partial charge in [-0.15, -0.1) is 10.2 Å². The van der Waals surface area contributed by atoms with Gasteiger partial charge in [0.25, 0.3) is 0 Å². The van der Waals surface area contributed by atoms with Crippen molar-refractivity contribution in [3.05, 3.63) is 35.8 Å². The van der Waals surface area contributed by atoms with E-state index in [1.165, 1.54) is 0 Å². The predicted octanol–water partition coefficient (Wildman–Crippen LogP) is 1.56. The molecule has 0 spiro atoms. The van der Waals surface area contributed by atoms with Crippen molar-refractivity contribution in [1.82, 2.24) is 25.0 Å². The van der Waals surface area contributed by atoms with E-state index in [0.29, 0.717) is 19.7 Å². The van der Waals surface area contributed by atoms with Crippen LogP contribution in [0, 0.1) is 6.92 Å². The largest absolute Gasteiger partial charge is 0.464 e. The molecule has 0 aliphatic carbocycles. The van der Waals surface area contributed by atoms with Crippen molar-refractivity contribution in [3.63, 3.8) is 0 Å². The molecular formula is C15H21N5O3. The molecule has 124 valence electrons. The number of aryl methyl sites for hydroxylation is 2. The maximum Gasteiger partial charge on any atom is 0.318 e. The van der Waals surface area contributed by atoms with Gasteiger partial charge in [-0.3, -0.25) is 0 Å². The van der Waals surface area contributed by atoms with E-state index >= 15 is 0 Å². The lowest BCUT2D eigenvalue weighted by Gasteiger charge is -2.33. The summed E-state index contributed by atoms with van der Waals surface area (Å²) >= 11 is 0. The van der Waals surface area contributed by atoms with E-state index in [1.54, 1.807) is 15.8 Å². The lowest BCUT2D eigenvalue weighted by atomic mass is 10.2. The summed E-state index contributed by atoms with van der Waals surface area (Å²) in [5.41, 5.74) is 0. The van der Waals surface area contributed by atoms with Crippen LogP contribution >= 0.6 is 0 Å². The number of rotatable bonds is 3.